The molecule has 0 radical (unpaired) electrons. The molecule has 104 valence electrons. The van der Waals surface area contributed by atoms with E-state index in [-0.39, 0.29) is 0 Å². The van der Waals surface area contributed by atoms with Gasteiger partial charge in [-0.05, 0) is 25.7 Å². The summed E-state index contributed by atoms with van der Waals surface area (Å²) in [5, 5.41) is 9.12. The summed E-state index contributed by atoms with van der Waals surface area (Å²) in [6.07, 6.45) is 4.68. The van der Waals surface area contributed by atoms with Crippen LogP contribution < -0.4 is 4.72 Å². The van der Waals surface area contributed by atoms with E-state index >= 15 is 0 Å². The van der Waals surface area contributed by atoms with Gasteiger partial charge in [-0.15, -0.1) is 0 Å². The lowest BCUT2D eigenvalue weighted by atomic mass is 9.85. The number of nitrogens with zero attached hydrogens (tertiary/aromatic N) is 1. The first kappa shape index (κ1) is 13.8. The van der Waals surface area contributed by atoms with Crippen LogP contribution in [0, 0.1) is 5.92 Å². The summed E-state index contributed by atoms with van der Waals surface area (Å²) in [7, 11) is -3.51. The molecule has 18 heavy (non-hydrogen) atoms. The average molecular weight is 276 g/mol. The van der Waals surface area contributed by atoms with E-state index < -0.39 is 28.1 Å². The molecule has 0 aromatic heterocycles. The molecule has 1 saturated heterocycles. The molecule has 2 unspecified atom stereocenters. The fourth-order valence-corrected chi connectivity index (χ4v) is 4.31. The van der Waals surface area contributed by atoms with Gasteiger partial charge in [-0.2, -0.15) is 17.4 Å². The molecule has 2 aliphatic rings. The molecule has 0 bridgehead atoms. The lowest BCUT2D eigenvalue weighted by molar-refractivity contribution is -0.143. The monoisotopic (exact) mass is 276 g/mol. The van der Waals surface area contributed by atoms with Gasteiger partial charge in [0.2, 0.25) is 0 Å². The van der Waals surface area contributed by atoms with Gasteiger partial charge in [-0.1, -0.05) is 12.8 Å². The van der Waals surface area contributed by atoms with Crippen molar-refractivity contribution >= 4 is 16.2 Å². The molecule has 2 rings (SSSR count). The van der Waals surface area contributed by atoms with E-state index in [9.17, 15) is 13.2 Å². The van der Waals surface area contributed by atoms with Crippen LogP contribution in [0.15, 0.2) is 0 Å². The lowest BCUT2D eigenvalue weighted by Crippen LogP contribution is -2.49. The average Bonchev–Trinajstić information content (AvgIpc) is 2.83. The van der Waals surface area contributed by atoms with Crippen molar-refractivity contribution in [3.63, 3.8) is 0 Å². The summed E-state index contributed by atoms with van der Waals surface area (Å²) in [5.41, 5.74) is 0. The van der Waals surface area contributed by atoms with Crippen LogP contribution in [-0.2, 0) is 15.0 Å². The molecule has 7 heteroatoms. The first-order valence-electron chi connectivity index (χ1n) is 6.51. The molecule has 1 aliphatic heterocycles. The summed E-state index contributed by atoms with van der Waals surface area (Å²) in [5.74, 6) is -1.49. The van der Waals surface area contributed by atoms with Gasteiger partial charge >= 0.3 is 5.97 Å². The third-order valence-corrected chi connectivity index (χ3v) is 5.43. The second-order valence-corrected chi connectivity index (χ2v) is 6.77. The van der Waals surface area contributed by atoms with Crippen LogP contribution in [0.25, 0.3) is 0 Å². The van der Waals surface area contributed by atoms with Gasteiger partial charge in [0, 0.05) is 19.1 Å². The standard InChI is InChI=1S/C11H20N2O4S/c14-11(15)9-5-1-2-6-10(9)12-18(16,17)13-7-3-4-8-13/h9-10,12H,1-8H2,(H,14,15). The number of hydrogen-bond donors (Lipinski definition) is 2. The van der Waals surface area contributed by atoms with Crippen molar-refractivity contribution in [2.45, 2.75) is 44.6 Å². The third-order valence-electron chi connectivity index (χ3n) is 3.79. The molecular formula is C11H20N2O4S. The molecule has 2 fully saturated rings. The molecule has 2 atom stereocenters. The smallest absolute Gasteiger partial charge is 0.308 e. The zero-order chi connectivity index (χ0) is 13.2. The Balaban J connectivity index is 2.04. The summed E-state index contributed by atoms with van der Waals surface area (Å²) >= 11 is 0. The Morgan fingerprint density at radius 1 is 1.11 bits per heavy atom. The van der Waals surface area contributed by atoms with Gasteiger partial charge < -0.3 is 5.11 Å². The predicted molar refractivity (Wildman–Crippen MR) is 66.2 cm³/mol. The Kier molecular flexibility index (Phi) is 4.24. The second-order valence-electron chi connectivity index (χ2n) is 5.06. The van der Waals surface area contributed by atoms with Crippen molar-refractivity contribution in [1.29, 1.82) is 0 Å². The Morgan fingerprint density at radius 2 is 1.72 bits per heavy atom. The number of carboxylic acid groups (broad SMARTS) is 1. The Labute approximate surface area is 108 Å². The van der Waals surface area contributed by atoms with Crippen molar-refractivity contribution in [2.75, 3.05) is 13.1 Å². The molecule has 1 heterocycles. The van der Waals surface area contributed by atoms with Crippen LogP contribution in [0.5, 0.6) is 0 Å². The van der Waals surface area contributed by atoms with Gasteiger partial charge in [-0.3, -0.25) is 4.79 Å². The maximum atomic E-state index is 12.1. The zero-order valence-corrected chi connectivity index (χ0v) is 11.2. The highest BCUT2D eigenvalue weighted by Crippen LogP contribution is 2.26. The highest BCUT2D eigenvalue weighted by atomic mass is 32.2. The molecule has 0 amide bonds. The fraction of sp³-hybridized carbons (Fsp3) is 0.909. The Bertz CT molecular complexity index is 403. The van der Waals surface area contributed by atoms with Crippen LogP contribution >= 0.6 is 0 Å². The van der Waals surface area contributed by atoms with E-state index in [1.807, 2.05) is 0 Å². The number of carbonyl (C=O) groups is 1. The summed E-state index contributed by atoms with van der Waals surface area (Å²) in [6.45, 7) is 1.08. The number of aliphatic carboxylic acids is 1. The lowest BCUT2D eigenvalue weighted by Gasteiger charge is -2.30. The fourth-order valence-electron chi connectivity index (χ4n) is 2.76. The van der Waals surface area contributed by atoms with Gasteiger partial charge in [-0.25, -0.2) is 0 Å². The van der Waals surface area contributed by atoms with Gasteiger partial charge in [0.1, 0.15) is 0 Å². The van der Waals surface area contributed by atoms with Crippen molar-refractivity contribution in [2.24, 2.45) is 5.92 Å². The Morgan fingerprint density at radius 3 is 2.33 bits per heavy atom. The zero-order valence-electron chi connectivity index (χ0n) is 10.3. The van der Waals surface area contributed by atoms with Crippen LogP contribution in [0.3, 0.4) is 0 Å². The van der Waals surface area contributed by atoms with Gasteiger partial charge in [0.25, 0.3) is 10.2 Å². The van der Waals surface area contributed by atoms with Gasteiger partial charge in [0.05, 0.1) is 5.92 Å². The molecule has 6 nitrogen and oxygen atoms in total. The number of rotatable bonds is 4. The minimum absolute atomic E-state index is 0.457. The van der Waals surface area contributed by atoms with E-state index in [0.29, 0.717) is 25.9 Å². The van der Waals surface area contributed by atoms with Crippen LogP contribution in [-0.4, -0.2) is 42.9 Å². The van der Waals surface area contributed by atoms with Gasteiger partial charge in [0.15, 0.2) is 0 Å². The molecule has 0 aromatic carbocycles. The minimum atomic E-state index is -3.51. The maximum absolute atomic E-state index is 12.1. The molecule has 0 spiro atoms. The summed E-state index contributed by atoms with van der Waals surface area (Å²) in [4.78, 5) is 11.1. The maximum Gasteiger partial charge on any atom is 0.308 e. The number of nitrogens with one attached hydrogen (secondary N) is 1. The van der Waals surface area contributed by atoms with E-state index in [2.05, 4.69) is 4.72 Å². The second kappa shape index (κ2) is 5.54. The molecular weight excluding hydrogens is 256 g/mol. The quantitative estimate of drug-likeness (QED) is 0.785. The van der Waals surface area contributed by atoms with Crippen molar-refractivity contribution in [3.05, 3.63) is 0 Å². The van der Waals surface area contributed by atoms with E-state index in [4.69, 9.17) is 5.11 Å². The molecule has 0 aromatic rings. The summed E-state index contributed by atoms with van der Waals surface area (Å²) < 4.78 is 28.2. The van der Waals surface area contributed by atoms with Crippen LogP contribution in [0.4, 0.5) is 0 Å². The minimum Gasteiger partial charge on any atom is -0.481 e. The van der Waals surface area contributed by atoms with Crippen molar-refractivity contribution in [1.82, 2.24) is 9.03 Å². The number of carboxylic acids is 1. The van der Waals surface area contributed by atoms with Crippen LogP contribution in [0.1, 0.15) is 38.5 Å². The number of hydrogen-bond acceptors (Lipinski definition) is 3. The molecule has 2 N–H and O–H groups in total. The topological polar surface area (TPSA) is 86.7 Å². The molecule has 1 aliphatic carbocycles. The van der Waals surface area contributed by atoms with Crippen LogP contribution in [0.2, 0.25) is 0 Å². The normalized spacial score (nSPS) is 30.4. The van der Waals surface area contributed by atoms with E-state index in [0.717, 1.165) is 25.7 Å². The first-order chi connectivity index (χ1) is 8.50. The van der Waals surface area contributed by atoms with E-state index in [1.54, 1.807) is 0 Å². The molecule has 1 saturated carbocycles. The summed E-state index contributed by atoms with van der Waals surface area (Å²) in [6, 6.07) is -0.457. The van der Waals surface area contributed by atoms with Crippen molar-refractivity contribution in [3.8, 4) is 0 Å². The largest absolute Gasteiger partial charge is 0.481 e. The van der Waals surface area contributed by atoms with E-state index in [1.165, 1.54) is 4.31 Å². The van der Waals surface area contributed by atoms with Crippen molar-refractivity contribution < 1.29 is 18.3 Å². The third kappa shape index (κ3) is 3.02. The highest BCUT2D eigenvalue weighted by molar-refractivity contribution is 7.87. The predicted octanol–water partition coefficient (Wildman–Crippen LogP) is 0.560. The highest BCUT2D eigenvalue weighted by Gasteiger charge is 2.35. The first-order valence-corrected chi connectivity index (χ1v) is 7.95. The SMILES string of the molecule is O=C(O)C1CCCCC1NS(=O)(=O)N1CCCC1. The Hall–Kier alpha value is -0.660.